The van der Waals surface area contributed by atoms with Gasteiger partial charge in [0.1, 0.15) is 5.01 Å². The fraction of sp³-hybridized carbons (Fsp3) is 0.786. The van der Waals surface area contributed by atoms with Crippen molar-refractivity contribution < 1.29 is 0 Å². The molecule has 108 valence electrons. The van der Waals surface area contributed by atoms with Crippen molar-refractivity contribution in [3.05, 3.63) is 16.1 Å². The standard InChI is InChI=1S/C14H23N3S.ClH/c1-11(2)12-7-16-13(18-12)8-17-6-4-14(10-17)3-5-15-9-14;/h7,11,15H,3-6,8-10H2,1-2H3;1H. The number of aromatic nitrogens is 1. The highest BCUT2D eigenvalue weighted by molar-refractivity contribution is 7.11. The first-order valence-corrected chi connectivity index (χ1v) is 7.86. The molecule has 0 aromatic carbocycles. The van der Waals surface area contributed by atoms with Crippen molar-refractivity contribution in [2.75, 3.05) is 26.2 Å². The molecule has 2 aliphatic heterocycles. The highest BCUT2D eigenvalue weighted by Gasteiger charge is 2.40. The van der Waals surface area contributed by atoms with E-state index in [2.05, 4.69) is 35.2 Å². The van der Waals surface area contributed by atoms with Crippen molar-refractivity contribution in [2.45, 2.75) is 39.2 Å². The Morgan fingerprint density at radius 3 is 2.95 bits per heavy atom. The lowest BCUT2D eigenvalue weighted by atomic mass is 9.87. The second-order valence-corrected chi connectivity index (χ2v) is 7.35. The lowest BCUT2D eigenvalue weighted by molar-refractivity contribution is 0.268. The van der Waals surface area contributed by atoms with Crippen LogP contribution in [-0.2, 0) is 6.54 Å². The zero-order valence-corrected chi connectivity index (χ0v) is 13.4. The van der Waals surface area contributed by atoms with Crippen molar-refractivity contribution in [3.8, 4) is 0 Å². The summed E-state index contributed by atoms with van der Waals surface area (Å²) in [5.74, 6) is 0.611. The average Bonchev–Trinajstić information content (AvgIpc) is 3.03. The third kappa shape index (κ3) is 3.30. The minimum Gasteiger partial charge on any atom is -0.316 e. The van der Waals surface area contributed by atoms with E-state index in [1.165, 1.54) is 48.9 Å². The number of hydrogen-bond acceptors (Lipinski definition) is 4. The zero-order chi connectivity index (χ0) is 12.6. The Morgan fingerprint density at radius 1 is 1.47 bits per heavy atom. The molecule has 3 heterocycles. The largest absolute Gasteiger partial charge is 0.316 e. The summed E-state index contributed by atoms with van der Waals surface area (Å²) in [7, 11) is 0. The fourth-order valence-corrected chi connectivity index (χ4v) is 4.13. The van der Waals surface area contributed by atoms with Gasteiger partial charge in [-0.15, -0.1) is 23.7 Å². The van der Waals surface area contributed by atoms with Crippen molar-refractivity contribution in [2.24, 2.45) is 5.41 Å². The maximum absolute atomic E-state index is 4.58. The van der Waals surface area contributed by atoms with Crippen LogP contribution >= 0.6 is 23.7 Å². The number of thiazole rings is 1. The summed E-state index contributed by atoms with van der Waals surface area (Å²) >= 11 is 1.89. The van der Waals surface area contributed by atoms with Gasteiger partial charge in [-0.05, 0) is 37.3 Å². The molecule has 1 N–H and O–H groups in total. The Bertz CT molecular complexity index is 413. The van der Waals surface area contributed by atoms with Gasteiger partial charge in [0.25, 0.3) is 0 Å². The van der Waals surface area contributed by atoms with Gasteiger partial charge in [-0.2, -0.15) is 0 Å². The smallest absolute Gasteiger partial charge is 0.107 e. The van der Waals surface area contributed by atoms with Crippen LogP contribution in [0.15, 0.2) is 6.20 Å². The van der Waals surface area contributed by atoms with Gasteiger partial charge in [0.2, 0.25) is 0 Å². The van der Waals surface area contributed by atoms with Crippen molar-refractivity contribution in [1.82, 2.24) is 15.2 Å². The highest BCUT2D eigenvalue weighted by Crippen LogP contribution is 2.36. The van der Waals surface area contributed by atoms with Crippen LogP contribution in [0, 0.1) is 5.41 Å². The molecule has 1 aromatic heterocycles. The molecule has 1 spiro atoms. The van der Waals surface area contributed by atoms with E-state index in [0.717, 1.165) is 6.54 Å². The number of nitrogens with zero attached hydrogens (tertiary/aromatic N) is 2. The molecule has 1 unspecified atom stereocenters. The maximum atomic E-state index is 4.58. The Balaban J connectivity index is 0.00000133. The van der Waals surface area contributed by atoms with E-state index >= 15 is 0 Å². The average molecular weight is 302 g/mol. The predicted octanol–water partition coefficient (Wildman–Crippen LogP) is 2.87. The Kier molecular flexibility index (Phi) is 4.88. The molecular formula is C14H24ClN3S. The summed E-state index contributed by atoms with van der Waals surface area (Å²) in [5, 5.41) is 4.81. The van der Waals surface area contributed by atoms with Crippen LogP contribution in [0.2, 0.25) is 0 Å². The molecule has 2 fully saturated rings. The van der Waals surface area contributed by atoms with E-state index in [0.29, 0.717) is 11.3 Å². The summed E-state index contributed by atoms with van der Waals surface area (Å²) in [5.41, 5.74) is 0.581. The van der Waals surface area contributed by atoms with Crippen LogP contribution in [0.25, 0.3) is 0 Å². The SMILES string of the molecule is CC(C)c1cnc(CN2CCC3(CCNC3)C2)s1.Cl. The summed E-state index contributed by atoms with van der Waals surface area (Å²) in [6.45, 7) is 10.5. The summed E-state index contributed by atoms with van der Waals surface area (Å²) in [6.07, 6.45) is 4.79. The van der Waals surface area contributed by atoms with Crippen LogP contribution in [0.4, 0.5) is 0 Å². The number of likely N-dealkylation sites (tertiary alicyclic amines) is 1. The highest BCUT2D eigenvalue weighted by atomic mass is 35.5. The molecule has 0 aliphatic carbocycles. The van der Waals surface area contributed by atoms with Gasteiger partial charge in [0, 0.05) is 24.2 Å². The first-order valence-electron chi connectivity index (χ1n) is 7.05. The van der Waals surface area contributed by atoms with Crippen LogP contribution in [0.1, 0.15) is 42.5 Å². The Morgan fingerprint density at radius 2 is 2.32 bits per heavy atom. The third-order valence-electron chi connectivity index (χ3n) is 4.35. The molecule has 2 aliphatic rings. The van der Waals surface area contributed by atoms with Gasteiger partial charge < -0.3 is 5.32 Å². The van der Waals surface area contributed by atoms with Crippen LogP contribution in [-0.4, -0.2) is 36.1 Å². The van der Waals surface area contributed by atoms with Gasteiger partial charge in [0.15, 0.2) is 0 Å². The molecule has 1 aromatic rings. The molecule has 2 saturated heterocycles. The first-order chi connectivity index (χ1) is 8.67. The number of halogens is 1. The minimum absolute atomic E-state index is 0. The van der Waals surface area contributed by atoms with Gasteiger partial charge in [-0.3, -0.25) is 4.90 Å². The third-order valence-corrected chi connectivity index (χ3v) is 5.63. The van der Waals surface area contributed by atoms with E-state index in [9.17, 15) is 0 Å². The summed E-state index contributed by atoms with van der Waals surface area (Å²) in [6, 6.07) is 0. The lowest BCUT2D eigenvalue weighted by Crippen LogP contribution is -2.28. The predicted molar refractivity (Wildman–Crippen MR) is 83.3 cm³/mol. The monoisotopic (exact) mass is 301 g/mol. The van der Waals surface area contributed by atoms with Gasteiger partial charge >= 0.3 is 0 Å². The Labute approximate surface area is 126 Å². The molecule has 5 heteroatoms. The van der Waals surface area contributed by atoms with E-state index < -0.39 is 0 Å². The molecule has 0 radical (unpaired) electrons. The van der Waals surface area contributed by atoms with Crippen LogP contribution in [0.5, 0.6) is 0 Å². The quantitative estimate of drug-likeness (QED) is 0.930. The Hall–Kier alpha value is -0.160. The minimum atomic E-state index is 0. The summed E-state index contributed by atoms with van der Waals surface area (Å²) < 4.78 is 0. The van der Waals surface area contributed by atoms with Crippen LogP contribution < -0.4 is 5.32 Å². The van der Waals surface area contributed by atoms with E-state index in [1.807, 2.05) is 11.3 Å². The van der Waals surface area contributed by atoms with E-state index in [4.69, 9.17) is 0 Å². The van der Waals surface area contributed by atoms with Gasteiger partial charge in [-0.1, -0.05) is 13.8 Å². The van der Waals surface area contributed by atoms with Crippen molar-refractivity contribution >= 4 is 23.7 Å². The number of hydrogen-bond donors (Lipinski definition) is 1. The van der Waals surface area contributed by atoms with E-state index in [1.54, 1.807) is 0 Å². The normalized spacial score (nSPS) is 27.3. The molecule has 19 heavy (non-hydrogen) atoms. The second kappa shape index (κ2) is 6.08. The molecule has 3 nitrogen and oxygen atoms in total. The number of nitrogens with one attached hydrogen (secondary N) is 1. The molecular weight excluding hydrogens is 278 g/mol. The second-order valence-electron chi connectivity index (χ2n) is 6.20. The molecule has 0 amide bonds. The van der Waals surface area contributed by atoms with Crippen molar-refractivity contribution in [3.63, 3.8) is 0 Å². The van der Waals surface area contributed by atoms with Crippen LogP contribution in [0.3, 0.4) is 0 Å². The van der Waals surface area contributed by atoms with Gasteiger partial charge in [0.05, 0.1) is 6.54 Å². The lowest BCUT2D eigenvalue weighted by Gasteiger charge is -2.22. The van der Waals surface area contributed by atoms with Gasteiger partial charge in [-0.25, -0.2) is 4.98 Å². The molecule has 0 saturated carbocycles. The van der Waals surface area contributed by atoms with Crippen molar-refractivity contribution in [1.29, 1.82) is 0 Å². The number of rotatable bonds is 3. The topological polar surface area (TPSA) is 28.2 Å². The first kappa shape index (κ1) is 15.2. The molecule has 1 atom stereocenters. The maximum Gasteiger partial charge on any atom is 0.107 e. The fourth-order valence-electron chi connectivity index (χ4n) is 3.16. The summed E-state index contributed by atoms with van der Waals surface area (Å²) in [4.78, 5) is 8.59. The molecule has 0 bridgehead atoms. The molecule has 3 rings (SSSR count). The van der Waals surface area contributed by atoms with E-state index in [-0.39, 0.29) is 12.4 Å². The zero-order valence-electron chi connectivity index (χ0n) is 11.8.